The number of rotatable bonds is 4. The van der Waals surface area contributed by atoms with Crippen molar-refractivity contribution in [3.05, 3.63) is 0 Å². The molecule has 0 spiro atoms. The molecule has 0 saturated carbocycles. The van der Waals surface area contributed by atoms with Crippen LogP contribution in [0.4, 0.5) is 4.79 Å². The molecule has 1 rings (SSSR count). The fourth-order valence-electron chi connectivity index (χ4n) is 1.82. The number of carbonyl (C=O) groups excluding carboxylic acids is 1. The zero-order valence-electron chi connectivity index (χ0n) is 9.98. The fraction of sp³-hybridized carbons (Fsp3) is 0.900. The Bertz CT molecular complexity index is 353. The lowest BCUT2D eigenvalue weighted by Gasteiger charge is -2.22. The molecule has 3 N–H and O–H groups in total. The molecule has 0 bridgehead atoms. The van der Waals surface area contributed by atoms with Crippen LogP contribution in [0.25, 0.3) is 0 Å². The molecule has 6 nitrogen and oxygen atoms in total. The summed E-state index contributed by atoms with van der Waals surface area (Å²) in [5.74, 6) is 0.424. The topological polar surface area (TPSA) is 95.5 Å². The van der Waals surface area contributed by atoms with Crippen LogP contribution in [0.5, 0.6) is 0 Å². The molecule has 2 unspecified atom stereocenters. The van der Waals surface area contributed by atoms with Gasteiger partial charge >= 0.3 is 6.03 Å². The lowest BCUT2D eigenvalue weighted by atomic mass is 10.1. The molecule has 1 aliphatic heterocycles. The van der Waals surface area contributed by atoms with Crippen molar-refractivity contribution in [2.45, 2.75) is 25.9 Å². The zero-order valence-corrected chi connectivity index (χ0v) is 10.8. The van der Waals surface area contributed by atoms with Gasteiger partial charge in [-0.25, -0.2) is 13.2 Å². The summed E-state index contributed by atoms with van der Waals surface area (Å²) in [5.41, 5.74) is 0. The third-order valence-corrected chi connectivity index (χ3v) is 4.56. The number of aliphatic hydroxyl groups excluding tert-OH is 1. The van der Waals surface area contributed by atoms with Crippen molar-refractivity contribution < 1.29 is 18.3 Å². The monoisotopic (exact) mass is 264 g/mol. The largest absolute Gasteiger partial charge is 0.392 e. The average Bonchev–Trinajstić information content (AvgIpc) is 2.22. The molecule has 1 aliphatic rings. The summed E-state index contributed by atoms with van der Waals surface area (Å²) in [6.45, 7) is 2.13. The highest BCUT2D eigenvalue weighted by atomic mass is 32.2. The number of hydrogen-bond donors (Lipinski definition) is 3. The van der Waals surface area contributed by atoms with E-state index in [-0.39, 0.29) is 30.0 Å². The molecule has 0 aliphatic carbocycles. The number of nitrogens with one attached hydrogen (secondary N) is 2. The first-order chi connectivity index (χ1) is 7.89. The second kappa shape index (κ2) is 6.20. The maximum absolute atomic E-state index is 11.4. The standard InChI is InChI=1S/C10H20N2O4S/c1-8(13)5-11-10(14)12-6-9-3-2-4-17(15,16)7-9/h8-9,13H,2-7H2,1H3,(H2,11,12,14). The van der Waals surface area contributed by atoms with Gasteiger partial charge in [0.05, 0.1) is 17.6 Å². The van der Waals surface area contributed by atoms with Crippen molar-refractivity contribution in [2.24, 2.45) is 5.92 Å². The third kappa shape index (κ3) is 5.88. The van der Waals surface area contributed by atoms with Crippen LogP contribution in [-0.2, 0) is 9.84 Å². The maximum atomic E-state index is 11.4. The lowest BCUT2D eigenvalue weighted by molar-refractivity contribution is 0.187. The maximum Gasteiger partial charge on any atom is 0.314 e. The molecule has 1 fully saturated rings. The van der Waals surface area contributed by atoms with E-state index in [1.807, 2.05) is 0 Å². The summed E-state index contributed by atoms with van der Waals surface area (Å²) >= 11 is 0. The van der Waals surface area contributed by atoms with Crippen LogP contribution in [0.1, 0.15) is 19.8 Å². The number of urea groups is 1. The van der Waals surface area contributed by atoms with Crippen LogP contribution in [-0.4, -0.2) is 50.3 Å². The van der Waals surface area contributed by atoms with E-state index in [0.29, 0.717) is 13.0 Å². The van der Waals surface area contributed by atoms with Gasteiger partial charge in [-0.05, 0) is 25.7 Å². The van der Waals surface area contributed by atoms with Crippen LogP contribution in [0.2, 0.25) is 0 Å². The van der Waals surface area contributed by atoms with Crippen molar-refractivity contribution in [3.8, 4) is 0 Å². The Morgan fingerprint density at radius 1 is 1.47 bits per heavy atom. The smallest absolute Gasteiger partial charge is 0.314 e. The normalized spacial score (nSPS) is 24.9. The Morgan fingerprint density at radius 2 is 2.18 bits per heavy atom. The van der Waals surface area contributed by atoms with Crippen LogP contribution in [0, 0.1) is 5.92 Å². The van der Waals surface area contributed by atoms with Gasteiger partial charge in [-0.2, -0.15) is 0 Å². The molecule has 0 aromatic heterocycles. The SMILES string of the molecule is CC(O)CNC(=O)NCC1CCCS(=O)(=O)C1. The molecular formula is C10H20N2O4S. The summed E-state index contributed by atoms with van der Waals surface area (Å²) < 4.78 is 22.7. The van der Waals surface area contributed by atoms with E-state index < -0.39 is 15.9 Å². The van der Waals surface area contributed by atoms with Gasteiger partial charge in [0.2, 0.25) is 0 Å². The number of sulfone groups is 1. The number of aliphatic hydroxyl groups is 1. The summed E-state index contributed by atoms with van der Waals surface area (Å²) in [7, 11) is -2.92. The van der Waals surface area contributed by atoms with Gasteiger partial charge in [0.15, 0.2) is 9.84 Å². The number of hydrogen-bond acceptors (Lipinski definition) is 4. The van der Waals surface area contributed by atoms with Crippen LogP contribution >= 0.6 is 0 Å². The first kappa shape index (κ1) is 14.2. The van der Waals surface area contributed by atoms with Crippen LogP contribution in [0.3, 0.4) is 0 Å². The van der Waals surface area contributed by atoms with Gasteiger partial charge in [-0.3, -0.25) is 0 Å². The van der Waals surface area contributed by atoms with E-state index in [1.165, 1.54) is 0 Å². The van der Waals surface area contributed by atoms with Gasteiger partial charge in [0, 0.05) is 13.1 Å². The predicted octanol–water partition coefficient (Wildman–Crippen LogP) is -0.509. The van der Waals surface area contributed by atoms with E-state index in [1.54, 1.807) is 6.92 Å². The Kier molecular flexibility index (Phi) is 5.20. The quantitative estimate of drug-likeness (QED) is 0.637. The summed E-state index contributed by atoms with van der Waals surface area (Å²) in [6, 6.07) is -0.367. The van der Waals surface area contributed by atoms with Crippen molar-refractivity contribution in [2.75, 3.05) is 24.6 Å². The van der Waals surface area contributed by atoms with Crippen LogP contribution in [0.15, 0.2) is 0 Å². The predicted molar refractivity (Wildman–Crippen MR) is 64.5 cm³/mol. The third-order valence-electron chi connectivity index (χ3n) is 2.67. The Balaban J connectivity index is 2.24. The van der Waals surface area contributed by atoms with E-state index in [4.69, 9.17) is 5.11 Å². The molecule has 0 aromatic rings. The summed E-state index contributed by atoms with van der Waals surface area (Å²) in [6.07, 6.45) is 0.913. The molecule has 2 amide bonds. The molecular weight excluding hydrogens is 244 g/mol. The number of carbonyl (C=O) groups is 1. The highest BCUT2D eigenvalue weighted by molar-refractivity contribution is 7.91. The molecule has 7 heteroatoms. The Labute approximate surface area is 102 Å². The van der Waals surface area contributed by atoms with Crippen LogP contribution < -0.4 is 10.6 Å². The number of amides is 2. The average molecular weight is 264 g/mol. The Hall–Kier alpha value is -0.820. The minimum Gasteiger partial charge on any atom is -0.392 e. The highest BCUT2D eigenvalue weighted by Gasteiger charge is 2.24. The van der Waals surface area contributed by atoms with Gasteiger partial charge in [-0.1, -0.05) is 0 Å². The van der Waals surface area contributed by atoms with Crippen molar-refractivity contribution in [3.63, 3.8) is 0 Å². The Morgan fingerprint density at radius 3 is 2.76 bits per heavy atom. The van der Waals surface area contributed by atoms with Gasteiger partial charge in [-0.15, -0.1) is 0 Å². The highest BCUT2D eigenvalue weighted by Crippen LogP contribution is 2.17. The minimum absolute atomic E-state index is 0.00560. The molecule has 100 valence electrons. The van der Waals surface area contributed by atoms with E-state index >= 15 is 0 Å². The summed E-state index contributed by atoms with van der Waals surface area (Å²) in [5, 5.41) is 14.1. The lowest BCUT2D eigenvalue weighted by Crippen LogP contribution is -2.42. The van der Waals surface area contributed by atoms with Gasteiger partial charge in [0.1, 0.15) is 0 Å². The van der Waals surface area contributed by atoms with Gasteiger partial charge in [0.25, 0.3) is 0 Å². The molecule has 1 heterocycles. The summed E-state index contributed by atoms with van der Waals surface area (Å²) in [4.78, 5) is 11.3. The van der Waals surface area contributed by atoms with E-state index in [2.05, 4.69) is 10.6 Å². The fourth-order valence-corrected chi connectivity index (χ4v) is 3.59. The van der Waals surface area contributed by atoms with Crippen molar-refractivity contribution >= 4 is 15.9 Å². The second-order valence-corrected chi connectivity index (χ2v) is 6.79. The zero-order chi connectivity index (χ0) is 12.9. The first-order valence-electron chi connectivity index (χ1n) is 5.79. The van der Waals surface area contributed by atoms with Crippen molar-refractivity contribution in [1.29, 1.82) is 0 Å². The van der Waals surface area contributed by atoms with E-state index in [0.717, 1.165) is 6.42 Å². The van der Waals surface area contributed by atoms with Gasteiger partial charge < -0.3 is 15.7 Å². The van der Waals surface area contributed by atoms with E-state index in [9.17, 15) is 13.2 Å². The first-order valence-corrected chi connectivity index (χ1v) is 7.61. The minimum atomic E-state index is -2.92. The molecule has 1 saturated heterocycles. The molecule has 2 atom stereocenters. The van der Waals surface area contributed by atoms with Crippen molar-refractivity contribution in [1.82, 2.24) is 10.6 Å². The second-order valence-electron chi connectivity index (χ2n) is 4.56. The molecule has 0 aromatic carbocycles. The molecule has 0 radical (unpaired) electrons. The molecule has 17 heavy (non-hydrogen) atoms.